The van der Waals surface area contributed by atoms with Gasteiger partial charge in [0.05, 0.1) is 11.1 Å². The fraction of sp³-hybridized carbons (Fsp3) is 0.148. The standard InChI is InChI=1S/C27H20ClN3O3/c1-17-22(15-24(34-17)18-5-3-2-4-6-18)26(33)31-14-13-30-25(32)21-11-12-29-16-23(21)27(30,31)19-7-9-20(28)10-8-19/h2-12,15-16H,13-14H2,1H3. The molecule has 1 unspecified atom stereocenters. The lowest BCUT2D eigenvalue weighted by atomic mass is 9.90. The van der Waals surface area contributed by atoms with Crippen LogP contribution in [0.4, 0.5) is 0 Å². The van der Waals surface area contributed by atoms with Gasteiger partial charge in [-0.1, -0.05) is 54.1 Å². The molecule has 0 spiro atoms. The normalized spacial score (nSPS) is 18.8. The molecule has 2 aliphatic heterocycles. The smallest absolute Gasteiger partial charge is 0.259 e. The van der Waals surface area contributed by atoms with E-state index in [2.05, 4.69) is 4.98 Å². The molecule has 1 atom stereocenters. The first-order valence-corrected chi connectivity index (χ1v) is 11.4. The van der Waals surface area contributed by atoms with Gasteiger partial charge in [0.25, 0.3) is 11.8 Å². The number of furan rings is 1. The lowest BCUT2D eigenvalue weighted by Crippen LogP contribution is -2.51. The highest BCUT2D eigenvalue weighted by Gasteiger charge is 2.60. The van der Waals surface area contributed by atoms with Crippen molar-refractivity contribution in [3.63, 3.8) is 0 Å². The zero-order valence-corrected chi connectivity index (χ0v) is 19.1. The molecule has 168 valence electrons. The molecule has 0 aliphatic carbocycles. The number of halogens is 1. The number of carbonyl (C=O) groups is 2. The third-order valence-corrected chi connectivity index (χ3v) is 6.95. The van der Waals surface area contributed by atoms with Crippen molar-refractivity contribution in [2.45, 2.75) is 12.6 Å². The topological polar surface area (TPSA) is 66.7 Å². The minimum Gasteiger partial charge on any atom is -0.461 e. The van der Waals surface area contributed by atoms with Gasteiger partial charge in [0.1, 0.15) is 11.5 Å². The Morgan fingerprint density at radius 3 is 2.59 bits per heavy atom. The molecular formula is C27H20ClN3O3. The van der Waals surface area contributed by atoms with E-state index in [0.29, 0.717) is 46.3 Å². The number of rotatable bonds is 3. The van der Waals surface area contributed by atoms with E-state index in [1.165, 1.54) is 0 Å². The van der Waals surface area contributed by atoms with Crippen LogP contribution in [0.2, 0.25) is 5.02 Å². The number of benzene rings is 2. The van der Waals surface area contributed by atoms with Gasteiger partial charge in [-0.05, 0) is 31.2 Å². The zero-order chi connectivity index (χ0) is 23.4. The molecule has 0 bridgehead atoms. The van der Waals surface area contributed by atoms with Crippen molar-refractivity contribution in [2.24, 2.45) is 0 Å². The fourth-order valence-corrected chi connectivity index (χ4v) is 5.32. The summed E-state index contributed by atoms with van der Waals surface area (Å²) in [6, 6.07) is 20.5. The molecule has 1 saturated heterocycles. The minimum absolute atomic E-state index is 0.114. The van der Waals surface area contributed by atoms with Gasteiger partial charge in [0.15, 0.2) is 5.66 Å². The summed E-state index contributed by atoms with van der Waals surface area (Å²) >= 11 is 6.18. The average molecular weight is 470 g/mol. The van der Waals surface area contributed by atoms with Gasteiger partial charge >= 0.3 is 0 Å². The van der Waals surface area contributed by atoms with E-state index < -0.39 is 5.66 Å². The van der Waals surface area contributed by atoms with Gasteiger partial charge in [-0.25, -0.2) is 0 Å². The molecule has 2 aliphatic rings. The second-order valence-electron chi connectivity index (χ2n) is 8.46. The van der Waals surface area contributed by atoms with E-state index in [4.69, 9.17) is 16.0 Å². The Kier molecular flexibility index (Phi) is 4.61. The van der Waals surface area contributed by atoms with E-state index in [0.717, 1.165) is 11.1 Å². The van der Waals surface area contributed by atoms with Crippen molar-refractivity contribution in [1.82, 2.24) is 14.8 Å². The van der Waals surface area contributed by atoms with Crippen molar-refractivity contribution < 1.29 is 14.0 Å². The number of fused-ring (bicyclic) bond motifs is 3. The predicted octanol–water partition coefficient (Wildman–Crippen LogP) is 5.12. The Morgan fingerprint density at radius 2 is 1.82 bits per heavy atom. The molecule has 34 heavy (non-hydrogen) atoms. The summed E-state index contributed by atoms with van der Waals surface area (Å²) < 4.78 is 5.98. The zero-order valence-electron chi connectivity index (χ0n) is 18.4. The minimum atomic E-state index is -1.10. The number of carbonyl (C=O) groups excluding carboxylic acids is 2. The lowest BCUT2D eigenvalue weighted by Gasteiger charge is -2.40. The van der Waals surface area contributed by atoms with Crippen LogP contribution in [0.1, 0.15) is 37.6 Å². The van der Waals surface area contributed by atoms with Crippen LogP contribution in [-0.4, -0.2) is 39.7 Å². The Hall–Kier alpha value is -3.90. The molecule has 2 aromatic carbocycles. The van der Waals surface area contributed by atoms with E-state index in [-0.39, 0.29) is 11.8 Å². The first kappa shape index (κ1) is 20.7. The molecule has 2 aromatic heterocycles. The van der Waals surface area contributed by atoms with Gasteiger partial charge < -0.3 is 14.2 Å². The molecule has 6 rings (SSSR count). The summed E-state index contributed by atoms with van der Waals surface area (Å²) in [6.45, 7) is 2.58. The van der Waals surface area contributed by atoms with Gasteiger partial charge in [-0.3, -0.25) is 14.6 Å². The van der Waals surface area contributed by atoms with Crippen molar-refractivity contribution in [1.29, 1.82) is 0 Å². The summed E-state index contributed by atoms with van der Waals surface area (Å²) in [6.07, 6.45) is 3.29. The molecule has 7 heteroatoms. The van der Waals surface area contributed by atoms with Crippen molar-refractivity contribution in [3.8, 4) is 11.3 Å². The highest BCUT2D eigenvalue weighted by Crippen LogP contribution is 2.50. The highest BCUT2D eigenvalue weighted by molar-refractivity contribution is 6.30. The maximum Gasteiger partial charge on any atom is 0.259 e. The lowest BCUT2D eigenvalue weighted by molar-refractivity contribution is 0.0373. The quantitative estimate of drug-likeness (QED) is 0.418. The summed E-state index contributed by atoms with van der Waals surface area (Å²) in [5.74, 6) is 0.842. The first-order chi connectivity index (χ1) is 16.5. The van der Waals surface area contributed by atoms with Crippen LogP contribution >= 0.6 is 11.6 Å². The second-order valence-corrected chi connectivity index (χ2v) is 8.90. The fourth-order valence-electron chi connectivity index (χ4n) is 5.20. The SMILES string of the molecule is Cc1oc(-c2ccccc2)cc1C(=O)N1CCN2C(=O)c3ccncc3C21c1ccc(Cl)cc1. The number of nitrogens with zero attached hydrogens (tertiary/aromatic N) is 3. The largest absolute Gasteiger partial charge is 0.461 e. The molecule has 4 heterocycles. The summed E-state index contributed by atoms with van der Waals surface area (Å²) in [7, 11) is 0. The van der Waals surface area contributed by atoms with Crippen LogP contribution in [-0.2, 0) is 5.66 Å². The van der Waals surface area contributed by atoms with Crippen LogP contribution < -0.4 is 0 Å². The van der Waals surface area contributed by atoms with Gasteiger partial charge in [-0.15, -0.1) is 0 Å². The van der Waals surface area contributed by atoms with Crippen LogP contribution in [0, 0.1) is 6.92 Å². The summed E-state index contributed by atoms with van der Waals surface area (Å²) in [5.41, 5.74) is 2.30. The number of hydrogen-bond donors (Lipinski definition) is 0. The molecule has 0 N–H and O–H groups in total. The van der Waals surface area contributed by atoms with E-state index in [9.17, 15) is 9.59 Å². The Bertz CT molecular complexity index is 1430. The third-order valence-electron chi connectivity index (χ3n) is 6.70. The second kappa shape index (κ2) is 7.57. The van der Waals surface area contributed by atoms with Crippen molar-refractivity contribution in [3.05, 3.63) is 112 Å². The average Bonchev–Trinajstić information content (AvgIpc) is 3.52. The van der Waals surface area contributed by atoms with Gasteiger partial charge in [-0.2, -0.15) is 0 Å². The molecule has 1 fully saturated rings. The van der Waals surface area contributed by atoms with E-state index in [1.807, 2.05) is 42.5 Å². The predicted molar refractivity (Wildman–Crippen MR) is 127 cm³/mol. The maximum absolute atomic E-state index is 14.1. The van der Waals surface area contributed by atoms with Gasteiger partial charge in [0.2, 0.25) is 0 Å². The molecule has 6 nitrogen and oxygen atoms in total. The maximum atomic E-state index is 14.1. The summed E-state index contributed by atoms with van der Waals surface area (Å²) in [4.78, 5) is 35.3. The number of aryl methyl sites for hydroxylation is 1. The molecular weight excluding hydrogens is 450 g/mol. The van der Waals surface area contributed by atoms with Crippen molar-refractivity contribution >= 4 is 23.4 Å². The Balaban J connectivity index is 1.52. The van der Waals surface area contributed by atoms with Gasteiger partial charge in [0, 0.05) is 47.2 Å². The molecule has 4 aromatic rings. The Morgan fingerprint density at radius 1 is 1.06 bits per heavy atom. The number of aromatic nitrogens is 1. The van der Waals surface area contributed by atoms with Crippen LogP contribution in [0.3, 0.4) is 0 Å². The summed E-state index contributed by atoms with van der Waals surface area (Å²) in [5, 5.41) is 0.580. The molecule has 0 radical (unpaired) electrons. The van der Waals surface area contributed by atoms with E-state index >= 15 is 0 Å². The third kappa shape index (κ3) is 2.78. The Labute approximate surface area is 201 Å². The van der Waals surface area contributed by atoms with E-state index in [1.54, 1.807) is 53.4 Å². The molecule has 2 amide bonds. The monoisotopic (exact) mass is 469 g/mol. The number of pyridine rings is 1. The number of hydrogen-bond acceptors (Lipinski definition) is 4. The highest BCUT2D eigenvalue weighted by atomic mass is 35.5. The first-order valence-electron chi connectivity index (χ1n) is 11.0. The van der Waals surface area contributed by atoms with Crippen molar-refractivity contribution in [2.75, 3.05) is 13.1 Å². The number of amides is 2. The molecule has 0 saturated carbocycles. The van der Waals surface area contributed by atoms with Crippen LogP contribution in [0.25, 0.3) is 11.3 Å². The van der Waals surface area contributed by atoms with Crippen LogP contribution in [0.5, 0.6) is 0 Å². The van der Waals surface area contributed by atoms with Crippen LogP contribution in [0.15, 0.2) is 83.5 Å².